The minimum atomic E-state index is -0.188. The number of hydrogen-bond donors (Lipinski definition) is 1. The Kier molecular flexibility index (Phi) is 4.14. The number of aromatic nitrogens is 2. The summed E-state index contributed by atoms with van der Waals surface area (Å²) in [6.45, 7) is 0. The smallest absolute Gasteiger partial charge is 0.249 e. The number of nitrogens with zero attached hydrogens (tertiary/aromatic N) is 2. The van der Waals surface area contributed by atoms with E-state index in [1.54, 1.807) is 17.4 Å². The predicted octanol–water partition coefficient (Wildman–Crippen LogP) is 4.71. The second kappa shape index (κ2) is 6.75. The first kappa shape index (κ1) is 15.4. The first-order chi connectivity index (χ1) is 12.3. The normalized spacial score (nSPS) is 11.2. The summed E-state index contributed by atoms with van der Waals surface area (Å²) in [6, 6.07) is 19.5. The Morgan fingerprint density at radius 1 is 1.04 bits per heavy atom. The summed E-state index contributed by atoms with van der Waals surface area (Å²) in [5, 5.41) is 4.97. The van der Waals surface area contributed by atoms with Gasteiger partial charge in [-0.3, -0.25) is 9.20 Å². The highest BCUT2D eigenvalue weighted by Gasteiger charge is 2.15. The number of amides is 1. The average molecular weight is 345 g/mol. The molecule has 1 N–H and O–H groups in total. The zero-order chi connectivity index (χ0) is 17.1. The molecule has 4 rings (SSSR count). The number of imidazole rings is 1. The minimum Gasteiger partial charge on any atom is -0.306 e. The summed E-state index contributed by atoms with van der Waals surface area (Å²) >= 11 is 1.60. The van der Waals surface area contributed by atoms with Crippen LogP contribution in [0.15, 0.2) is 78.3 Å². The maximum atomic E-state index is 12.4. The Morgan fingerprint density at radius 3 is 2.68 bits per heavy atom. The number of pyridine rings is 1. The van der Waals surface area contributed by atoms with Gasteiger partial charge >= 0.3 is 0 Å². The first-order valence-corrected chi connectivity index (χ1v) is 8.74. The Morgan fingerprint density at radius 2 is 1.88 bits per heavy atom. The maximum absolute atomic E-state index is 12.4. The molecule has 4 nitrogen and oxygen atoms in total. The Balaban J connectivity index is 1.67. The third-order valence-corrected chi connectivity index (χ3v) is 4.63. The number of carbonyl (C=O) groups excluding carboxylic acids is 1. The molecule has 122 valence electrons. The molecule has 0 saturated carbocycles. The maximum Gasteiger partial charge on any atom is 0.249 e. The van der Waals surface area contributed by atoms with Crippen LogP contribution < -0.4 is 5.32 Å². The van der Waals surface area contributed by atoms with Gasteiger partial charge in [0.1, 0.15) is 17.2 Å². The molecule has 3 aromatic heterocycles. The molecule has 0 unspecified atom stereocenters. The minimum absolute atomic E-state index is 0.188. The Hall–Kier alpha value is -3.18. The predicted molar refractivity (Wildman–Crippen MR) is 103 cm³/mol. The zero-order valence-corrected chi connectivity index (χ0v) is 14.1. The molecule has 4 aromatic rings. The molecule has 1 amide bonds. The van der Waals surface area contributed by atoms with Crippen molar-refractivity contribution < 1.29 is 4.79 Å². The van der Waals surface area contributed by atoms with Gasteiger partial charge in [-0.1, -0.05) is 42.5 Å². The van der Waals surface area contributed by atoms with Crippen LogP contribution in [0.5, 0.6) is 0 Å². The van der Waals surface area contributed by atoms with E-state index in [1.165, 1.54) is 6.08 Å². The molecule has 5 heteroatoms. The largest absolute Gasteiger partial charge is 0.306 e. The molecule has 0 aliphatic rings. The standard InChI is InChI=1S/C20H15N3OS/c24-18(12-11-15-7-2-1-3-8-15)22-20-19(16-9-6-14-25-16)21-17-10-4-5-13-23(17)20/h1-14H,(H,22,24). The summed E-state index contributed by atoms with van der Waals surface area (Å²) in [6.07, 6.45) is 5.23. The molecule has 0 saturated heterocycles. The van der Waals surface area contributed by atoms with Crippen LogP contribution >= 0.6 is 11.3 Å². The fourth-order valence-electron chi connectivity index (χ4n) is 2.59. The number of thiophene rings is 1. The third kappa shape index (κ3) is 3.22. The number of benzene rings is 1. The molecular formula is C20H15N3OS. The van der Waals surface area contributed by atoms with Crippen molar-refractivity contribution in [2.24, 2.45) is 0 Å². The van der Waals surface area contributed by atoms with E-state index in [4.69, 9.17) is 0 Å². The molecular weight excluding hydrogens is 330 g/mol. The fourth-order valence-corrected chi connectivity index (χ4v) is 3.31. The molecule has 0 spiro atoms. The van der Waals surface area contributed by atoms with Crippen LogP contribution in [0.2, 0.25) is 0 Å². The van der Waals surface area contributed by atoms with Crippen LogP contribution in [0, 0.1) is 0 Å². The van der Waals surface area contributed by atoms with Gasteiger partial charge in [-0.25, -0.2) is 4.98 Å². The highest BCUT2D eigenvalue weighted by Crippen LogP contribution is 2.31. The van der Waals surface area contributed by atoms with Crippen LogP contribution in [0.3, 0.4) is 0 Å². The second-order valence-corrected chi connectivity index (χ2v) is 6.40. The lowest BCUT2D eigenvalue weighted by atomic mass is 10.2. The van der Waals surface area contributed by atoms with Gasteiger partial charge in [0.05, 0.1) is 4.88 Å². The van der Waals surface area contributed by atoms with Crippen molar-refractivity contribution in [2.75, 3.05) is 5.32 Å². The first-order valence-electron chi connectivity index (χ1n) is 7.86. The van der Waals surface area contributed by atoms with E-state index in [0.717, 1.165) is 21.8 Å². The van der Waals surface area contributed by atoms with Gasteiger partial charge in [0.15, 0.2) is 0 Å². The lowest BCUT2D eigenvalue weighted by Gasteiger charge is -2.04. The van der Waals surface area contributed by atoms with Gasteiger partial charge in [0.2, 0.25) is 5.91 Å². The van der Waals surface area contributed by atoms with Crippen molar-refractivity contribution in [3.05, 3.63) is 83.9 Å². The molecule has 0 radical (unpaired) electrons. The van der Waals surface area contributed by atoms with Gasteiger partial charge in [0, 0.05) is 12.3 Å². The lowest BCUT2D eigenvalue weighted by Crippen LogP contribution is -2.10. The molecule has 0 aliphatic heterocycles. The zero-order valence-electron chi connectivity index (χ0n) is 13.3. The summed E-state index contributed by atoms with van der Waals surface area (Å²) in [5.74, 6) is 0.494. The van der Waals surface area contributed by atoms with Crippen molar-refractivity contribution in [3.63, 3.8) is 0 Å². The summed E-state index contributed by atoms with van der Waals surface area (Å²) in [4.78, 5) is 18.1. The highest BCUT2D eigenvalue weighted by atomic mass is 32.1. The number of fused-ring (bicyclic) bond motifs is 1. The number of carbonyl (C=O) groups is 1. The van der Waals surface area contributed by atoms with E-state index in [-0.39, 0.29) is 5.91 Å². The number of rotatable bonds is 4. The monoisotopic (exact) mass is 345 g/mol. The summed E-state index contributed by atoms with van der Waals surface area (Å²) in [7, 11) is 0. The van der Waals surface area contributed by atoms with Gasteiger partial charge in [-0.05, 0) is 35.2 Å². The molecule has 0 aliphatic carbocycles. The SMILES string of the molecule is O=C(C=Cc1ccccc1)Nc1c(-c2cccs2)nc2ccccn12. The number of nitrogens with one attached hydrogen (secondary N) is 1. The van der Waals surface area contributed by atoms with Crippen LogP contribution in [-0.2, 0) is 4.79 Å². The van der Waals surface area contributed by atoms with Crippen molar-refractivity contribution >= 4 is 34.8 Å². The van der Waals surface area contributed by atoms with Gasteiger partial charge in [-0.15, -0.1) is 11.3 Å². The molecule has 0 fully saturated rings. The summed E-state index contributed by atoms with van der Waals surface area (Å²) < 4.78 is 1.89. The van der Waals surface area contributed by atoms with Crippen molar-refractivity contribution in [3.8, 4) is 10.6 Å². The number of anilines is 1. The fraction of sp³-hybridized carbons (Fsp3) is 0. The second-order valence-electron chi connectivity index (χ2n) is 5.45. The van der Waals surface area contributed by atoms with Crippen LogP contribution in [-0.4, -0.2) is 15.3 Å². The summed E-state index contributed by atoms with van der Waals surface area (Å²) in [5.41, 5.74) is 2.56. The van der Waals surface area contributed by atoms with E-state index in [1.807, 2.05) is 76.6 Å². The van der Waals surface area contributed by atoms with E-state index < -0.39 is 0 Å². The molecule has 0 atom stereocenters. The Bertz CT molecular complexity index is 1030. The molecule has 0 bridgehead atoms. The van der Waals surface area contributed by atoms with E-state index in [9.17, 15) is 4.79 Å². The van der Waals surface area contributed by atoms with Crippen molar-refractivity contribution in [1.29, 1.82) is 0 Å². The molecule has 1 aromatic carbocycles. The molecule has 25 heavy (non-hydrogen) atoms. The van der Waals surface area contributed by atoms with Crippen molar-refractivity contribution in [2.45, 2.75) is 0 Å². The van der Waals surface area contributed by atoms with Crippen LogP contribution in [0.1, 0.15) is 5.56 Å². The van der Waals surface area contributed by atoms with Gasteiger partial charge in [-0.2, -0.15) is 0 Å². The topological polar surface area (TPSA) is 46.4 Å². The number of hydrogen-bond acceptors (Lipinski definition) is 3. The Labute approximate surface area is 149 Å². The lowest BCUT2D eigenvalue weighted by molar-refractivity contribution is -0.111. The van der Waals surface area contributed by atoms with Gasteiger partial charge in [0.25, 0.3) is 0 Å². The van der Waals surface area contributed by atoms with Crippen LogP contribution in [0.25, 0.3) is 22.3 Å². The average Bonchev–Trinajstić information content (AvgIpc) is 3.29. The van der Waals surface area contributed by atoms with E-state index in [0.29, 0.717) is 5.82 Å². The van der Waals surface area contributed by atoms with Crippen LogP contribution in [0.4, 0.5) is 5.82 Å². The quantitative estimate of drug-likeness (QED) is 0.544. The van der Waals surface area contributed by atoms with E-state index >= 15 is 0 Å². The third-order valence-electron chi connectivity index (χ3n) is 3.75. The highest BCUT2D eigenvalue weighted by molar-refractivity contribution is 7.13. The van der Waals surface area contributed by atoms with Gasteiger partial charge < -0.3 is 5.32 Å². The van der Waals surface area contributed by atoms with Crippen molar-refractivity contribution in [1.82, 2.24) is 9.38 Å². The van der Waals surface area contributed by atoms with E-state index in [2.05, 4.69) is 10.3 Å². The molecule has 3 heterocycles.